The molecule has 20 heavy (non-hydrogen) atoms. The summed E-state index contributed by atoms with van der Waals surface area (Å²) in [6, 6.07) is 8.89. The van der Waals surface area contributed by atoms with Crippen LogP contribution in [0.15, 0.2) is 28.7 Å². The lowest BCUT2D eigenvalue weighted by Crippen LogP contribution is -2.19. The van der Waals surface area contributed by atoms with Gasteiger partial charge in [0.25, 0.3) is 0 Å². The van der Waals surface area contributed by atoms with E-state index in [2.05, 4.69) is 66.3 Å². The van der Waals surface area contributed by atoms with Crippen molar-refractivity contribution < 1.29 is 0 Å². The van der Waals surface area contributed by atoms with Gasteiger partial charge in [-0.15, -0.1) is 11.3 Å². The number of anilines is 1. The number of benzene rings is 1. The van der Waals surface area contributed by atoms with E-state index in [4.69, 9.17) is 5.73 Å². The molecule has 0 aliphatic carbocycles. The van der Waals surface area contributed by atoms with Gasteiger partial charge in [0, 0.05) is 26.5 Å². The molecule has 2 nitrogen and oxygen atoms in total. The Balaban J connectivity index is 2.22. The number of hydrogen-bond donors (Lipinski definition) is 2. The highest BCUT2D eigenvalue weighted by molar-refractivity contribution is 9.10. The molecule has 0 radical (unpaired) electrons. The highest BCUT2D eigenvalue weighted by atomic mass is 79.9. The largest absolute Gasteiger partial charge is 0.376 e. The van der Waals surface area contributed by atoms with Gasteiger partial charge >= 0.3 is 0 Å². The van der Waals surface area contributed by atoms with E-state index in [9.17, 15) is 0 Å². The van der Waals surface area contributed by atoms with Gasteiger partial charge in [0.05, 0.1) is 6.04 Å². The van der Waals surface area contributed by atoms with Crippen LogP contribution in [-0.2, 0) is 6.42 Å². The first kappa shape index (κ1) is 15.5. The molecule has 0 saturated carbocycles. The maximum absolute atomic E-state index is 5.94. The number of nitrogens with one attached hydrogen (secondary N) is 1. The Kier molecular flexibility index (Phi) is 5.24. The molecule has 0 saturated heterocycles. The van der Waals surface area contributed by atoms with Gasteiger partial charge in [-0.2, -0.15) is 0 Å². The van der Waals surface area contributed by atoms with Crippen LogP contribution in [0.2, 0.25) is 0 Å². The first-order chi connectivity index (χ1) is 9.55. The molecule has 0 spiro atoms. The summed E-state index contributed by atoms with van der Waals surface area (Å²) in [5.41, 5.74) is 9.55. The minimum Gasteiger partial charge on any atom is -0.376 e. The quantitative estimate of drug-likeness (QED) is 0.810. The smallest absolute Gasteiger partial charge is 0.0728 e. The van der Waals surface area contributed by atoms with Gasteiger partial charge < -0.3 is 11.1 Å². The normalized spacial score (nSPS) is 12.4. The summed E-state index contributed by atoms with van der Waals surface area (Å²) in [5.74, 6) is 0. The predicted molar refractivity (Wildman–Crippen MR) is 92.7 cm³/mol. The van der Waals surface area contributed by atoms with E-state index in [1.54, 1.807) is 0 Å². The van der Waals surface area contributed by atoms with Gasteiger partial charge in [0.2, 0.25) is 0 Å². The maximum Gasteiger partial charge on any atom is 0.0728 e. The summed E-state index contributed by atoms with van der Waals surface area (Å²) in [6.45, 7) is 7.00. The van der Waals surface area contributed by atoms with Crippen molar-refractivity contribution in [3.63, 3.8) is 0 Å². The molecule has 0 bridgehead atoms. The lowest BCUT2D eigenvalue weighted by molar-refractivity contribution is 0.805. The first-order valence-corrected chi connectivity index (χ1v) is 8.48. The van der Waals surface area contributed by atoms with Gasteiger partial charge in [-0.3, -0.25) is 0 Å². The SMILES string of the molecule is CCc1ccc(C(CN)Nc2cc(C)c(Br)c(C)c2)s1. The van der Waals surface area contributed by atoms with Gasteiger partial charge in [-0.05, 0) is 55.7 Å². The molecule has 0 aliphatic heterocycles. The summed E-state index contributed by atoms with van der Waals surface area (Å²) in [6.07, 6.45) is 1.08. The molecule has 1 unspecified atom stereocenters. The Morgan fingerprint density at radius 1 is 1.25 bits per heavy atom. The number of nitrogens with two attached hydrogens (primary N) is 1. The van der Waals surface area contributed by atoms with Crippen LogP contribution in [0.4, 0.5) is 5.69 Å². The van der Waals surface area contributed by atoms with Crippen molar-refractivity contribution in [2.45, 2.75) is 33.2 Å². The number of aryl methyl sites for hydroxylation is 3. The van der Waals surface area contributed by atoms with E-state index >= 15 is 0 Å². The zero-order chi connectivity index (χ0) is 14.7. The zero-order valence-corrected chi connectivity index (χ0v) is 14.6. The molecule has 0 aliphatic rings. The topological polar surface area (TPSA) is 38.0 Å². The van der Waals surface area contributed by atoms with E-state index in [-0.39, 0.29) is 6.04 Å². The standard InChI is InChI=1S/C16H21BrN2S/c1-4-13-5-6-15(20-13)14(9-18)19-12-7-10(2)16(17)11(3)8-12/h5-8,14,19H,4,9,18H2,1-3H3. The number of thiophene rings is 1. The third-order valence-corrected chi connectivity index (χ3v) is 5.98. The molecule has 1 aromatic heterocycles. The van der Waals surface area contributed by atoms with Crippen LogP contribution >= 0.6 is 27.3 Å². The minimum absolute atomic E-state index is 0.181. The number of hydrogen-bond acceptors (Lipinski definition) is 3. The molecular weight excluding hydrogens is 332 g/mol. The van der Waals surface area contributed by atoms with Crippen LogP contribution in [0.3, 0.4) is 0 Å². The summed E-state index contributed by atoms with van der Waals surface area (Å²) in [5, 5.41) is 3.56. The molecule has 2 rings (SSSR count). The molecular formula is C16H21BrN2S. The predicted octanol–water partition coefficient (Wildman–Crippen LogP) is 4.80. The van der Waals surface area contributed by atoms with E-state index in [0.717, 1.165) is 12.1 Å². The molecule has 2 aromatic rings. The van der Waals surface area contributed by atoms with Gasteiger partial charge in [0.1, 0.15) is 0 Å². The molecule has 0 amide bonds. The van der Waals surface area contributed by atoms with Crippen molar-refractivity contribution in [1.82, 2.24) is 0 Å². The monoisotopic (exact) mass is 352 g/mol. The minimum atomic E-state index is 0.181. The highest BCUT2D eigenvalue weighted by Crippen LogP contribution is 2.29. The van der Waals surface area contributed by atoms with Crippen LogP contribution in [0.25, 0.3) is 0 Å². The maximum atomic E-state index is 5.94. The molecule has 1 atom stereocenters. The summed E-state index contributed by atoms with van der Waals surface area (Å²) >= 11 is 5.45. The summed E-state index contributed by atoms with van der Waals surface area (Å²) in [4.78, 5) is 2.71. The average Bonchev–Trinajstić information content (AvgIpc) is 2.90. The fraction of sp³-hybridized carbons (Fsp3) is 0.375. The highest BCUT2D eigenvalue weighted by Gasteiger charge is 2.13. The Hall–Kier alpha value is -0.840. The fourth-order valence-electron chi connectivity index (χ4n) is 2.25. The van der Waals surface area contributed by atoms with Crippen molar-refractivity contribution in [3.05, 3.63) is 49.6 Å². The van der Waals surface area contributed by atoms with Gasteiger partial charge in [0.15, 0.2) is 0 Å². The summed E-state index contributed by atoms with van der Waals surface area (Å²) in [7, 11) is 0. The van der Waals surface area contributed by atoms with E-state index in [1.807, 2.05) is 11.3 Å². The molecule has 1 aromatic carbocycles. The Labute approximate surface area is 133 Å². The van der Waals surface area contributed by atoms with Crippen molar-refractivity contribution in [1.29, 1.82) is 0 Å². The fourth-order valence-corrected chi connectivity index (χ4v) is 3.49. The Morgan fingerprint density at radius 3 is 2.40 bits per heavy atom. The molecule has 4 heteroatoms. The summed E-state index contributed by atoms with van der Waals surface area (Å²) < 4.78 is 1.18. The van der Waals surface area contributed by atoms with Crippen LogP contribution in [-0.4, -0.2) is 6.54 Å². The van der Waals surface area contributed by atoms with Crippen molar-refractivity contribution >= 4 is 33.0 Å². The molecule has 108 valence electrons. The van der Waals surface area contributed by atoms with E-state index in [0.29, 0.717) is 6.54 Å². The van der Waals surface area contributed by atoms with Crippen LogP contribution < -0.4 is 11.1 Å². The zero-order valence-electron chi connectivity index (χ0n) is 12.2. The van der Waals surface area contributed by atoms with Crippen molar-refractivity contribution in [3.8, 4) is 0 Å². The number of halogens is 1. The van der Waals surface area contributed by atoms with Gasteiger partial charge in [-0.25, -0.2) is 0 Å². The van der Waals surface area contributed by atoms with Crippen molar-refractivity contribution in [2.24, 2.45) is 5.73 Å². The molecule has 0 fully saturated rings. The van der Waals surface area contributed by atoms with Crippen LogP contribution in [0.5, 0.6) is 0 Å². The van der Waals surface area contributed by atoms with E-state index in [1.165, 1.54) is 25.4 Å². The van der Waals surface area contributed by atoms with Crippen LogP contribution in [0.1, 0.15) is 33.8 Å². The van der Waals surface area contributed by atoms with Crippen LogP contribution in [0, 0.1) is 13.8 Å². The van der Waals surface area contributed by atoms with E-state index < -0.39 is 0 Å². The second-order valence-electron chi connectivity index (χ2n) is 5.01. The Morgan fingerprint density at radius 2 is 1.90 bits per heavy atom. The van der Waals surface area contributed by atoms with Gasteiger partial charge in [-0.1, -0.05) is 22.9 Å². The second-order valence-corrected chi connectivity index (χ2v) is 7.01. The first-order valence-electron chi connectivity index (χ1n) is 6.87. The van der Waals surface area contributed by atoms with Crippen molar-refractivity contribution in [2.75, 3.05) is 11.9 Å². The molecule has 3 N–H and O–H groups in total. The average molecular weight is 353 g/mol. The second kappa shape index (κ2) is 6.74. The molecule has 1 heterocycles. The lowest BCUT2D eigenvalue weighted by Gasteiger charge is -2.18. The third-order valence-electron chi connectivity index (χ3n) is 3.39. The lowest BCUT2D eigenvalue weighted by atomic mass is 10.1. The number of rotatable bonds is 5. The Bertz CT molecular complexity index is 569. The third kappa shape index (κ3) is 3.43.